The molecule has 20 heavy (non-hydrogen) atoms. The molecule has 0 saturated heterocycles. The molecule has 0 amide bonds. The molecule has 2 heterocycles. The van der Waals surface area contributed by atoms with Crippen molar-refractivity contribution in [3.63, 3.8) is 0 Å². The van der Waals surface area contributed by atoms with Crippen LogP contribution in [0.4, 0.5) is 11.4 Å². The number of nitrogens with zero attached hydrogens (tertiary/aromatic N) is 3. The summed E-state index contributed by atoms with van der Waals surface area (Å²) in [7, 11) is 0. The molecular weight excluding hydrogens is 254 g/mol. The Labute approximate surface area is 116 Å². The van der Waals surface area contributed by atoms with Crippen LogP contribution in [0.25, 0.3) is 11.0 Å². The maximum atomic E-state index is 5.82. The van der Waals surface area contributed by atoms with Crippen LogP contribution in [0, 0.1) is 0 Å². The number of rotatable bonds is 4. The van der Waals surface area contributed by atoms with Crippen LogP contribution in [0.5, 0.6) is 0 Å². The maximum absolute atomic E-state index is 5.82. The van der Waals surface area contributed by atoms with E-state index in [2.05, 4.69) is 33.6 Å². The van der Waals surface area contributed by atoms with E-state index in [0.29, 0.717) is 23.3 Å². The van der Waals surface area contributed by atoms with Gasteiger partial charge in [0.05, 0.1) is 23.6 Å². The predicted octanol–water partition coefficient (Wildman–Crippen LogP) is 2.37. The summed E-state index contributed by atoms with van der Waals surface area (Å²) < 4.78 is 4.75. The fourth-order valence-corrected chi connectivity index (χ4v) is 2.16. The average Bonchev–Trinajstić information content (AvgIpc) is 2.97. The van der Waals surface area contributed by atoms with E-state index in [1.54, 1.807) is 12.3 Å². The number of nitrogens with one attached hydrogen (secondary N) is 1. The third-order valence-corrected chi connectivity index (χ3v) is 3.26. The average molecular weight is 269 g/mol. The van der Waals surface area contributed by atoms with Gasteiger partial charge in [0.2, 0.25) is 0 Å². The summed E-state index contributed by atoms with van der Waals surface area (Å²) in [4.78, 5) is 4.40. The van der Waals surface area contributed by atoms with Gasteiger partial charge in [-0.2, -0.15) is 0 Å². The molecule has 2 aromatic heterocycles. The number of pyridine rings is 1. The highest BCUT2D eigenvalue weighted by atomic mass is 16.6. The van der Waals surface area contributed by atoms with E-state index in [9.17, 15) is 0 Å². The van der Waals surface area contributed by atoms with Crippen LogP contribution in [-0.2, 0) is 13.0 Å². The number of nitrogens with two attached hydrogens (primary N) is 1. The highest BCUT2D eigenvalue weighted by molar-refractivity contribution is 5.94. The molecule has 0 spiro atoms. The minimum atomic E-state index is 0.555. The molecule has 1 aromatic carbocycles. The van der Waals surface area contributed by atoms with E-state index in [0.717, 1.165) is 17.8 Å². The molecule has 6 heteroatoms. The molecular formula is C14H15N5O. The second-order valence-electron chi connectivity index (χ2n) is 4.48. The topological polar surface area (TPSA) is 89.9 Å². The maximum Gasteiger partial charge on any atom is 0.160 e. The fourth-order valence-electron chi connectivity index (χ4n) is 2.16. The zero-order valence-electron chi connectivity index (χ0n) is 11.1. The van der Waals surface area contributed by atoms with Crippen molar-refractivity contribution in [2.24, 2.45) is 0 Å². The smallest absolute Gasteiger partial charge is 0.160 e. The van der Waals surface area contributed by atoms with Gasteiger partial charge in [-0.25, -0.2) is 4.63 Å². The molecule has 0 bridgehead atoms. The summed E-state index contributed by atoms with van der Waals surface area (Å²) in [5, 5.41) is 11.0. The summed E-state index contributed by atoms with van der Waals surface area (Å²) >= 11 is 0. The first-order valence-electron chi connectivity index (χ1n) is 6.47. The molecule has 0 aliphatic heterocycles. The predicted molar refractivity (Wildman–Crippen MR) is 77.2 cm³/mol. The number of aromatic nitrogens is 3. The number of fused-ring (bicyclic) bond motifs is 1. The molecule has 102 valence electrons. The zero-order chi connectivity index (χ0) is 13.9. The van der Waals surface area contributed by atoms with Crippen LogP contribution >= 0.6 is 0 Å². The van der Waals surface area contributed by atoms with E-state index in [4.69, 9.17) is 10.4 Å². The van der Waals surface area contributed by atoms with Crippen LogP contribution in [-0.4, -0.2) is 15.3 Å². The molecule has 3 N–H and O–H groups in total. The van der Waals surface area contributed by atoms with Crippen molar-refractivity contribution in [2.75, 3.05) is 11.1 Å². The standard InChI is InChI=1S/C14H15N5O/c1-2-9-4-3-7-16-12(9)8-17-11-6-5-10(15)13-14(11)19-20-18-13/h3-7,17H,2,8,15H2,1H3. The molecule has 3 rings (SSSR count). The van der Waals surface area contributed by atoms with Crippen molar-refractivity contribution < 1.29 is 4.63 Å². The van der Waals surface area contributed by atoms with Gasteiger partial charge in [-0.3, -0.25) is 4.98 Å². The second-order valence-corrected chi connectivity index (χ2v) is 4.48. The lowest BCUT2D eigenvalue weighted by Gasteiger charge is -2.09. The van der Waals surface area contributed by atoms with Gasteiger partial charge in [0.1, 0.15) is 0 Å². The molecule has 3 aromatic rings. The molecule has 0 unspecified atom stereocenters. The van der Waals surface area contributed by atoms with Gasteiger partial charge < -0.3 is 11.1 Å². The third kappa shape index (κ3) is 2.16. The minimum Gasteiger partial charge on any atom is -0.397 e. The van der Waals surface area contributed by atoms with Gasteiger partial charge in [-0.1, -0.05) is 13.0 Å². The Bertz CT molecular complexity index is 737. The number of hydrogen-bond donors (Lipinski definition) is 2. The molecule has 0 atom stereocenters. The Hall–Kier alpha value is -2.63. The van der Waals surface area contributed by atoms with Crippen LogP contribution in [0.3, 0.4) is 0 Å². The SMILES string of the molecule is CCc1cccnc1CNc1ccc(N)c2nonc12. The Balaban J connectivity index is 1.87. The van der Waals surface area contributed by atoms with Crippen LogP contribution < -0.4 is 11.1 Å². The largest absolute Gasteiger partial charge is 0.397 e. The third-order valence-electron chi connectivity index (χ3n) is 3.26. The van der Waals surface area contributed by atoms with Crippen molar-refractivity contribution in [3.8, 4) is 0 Å². The lowest BCUT2D eigenvalue weighted by molar-refractivity contribution is 0.316. The van der Waals surface area contributed by atoms with Crippen LogP contribution in [0.1, 0.15) is 18.2 Å². The zero-order valence-corrected chi connectivity index (χ0v) is 11.1. The summed E-state index contributed by atoms with van der Waals surface area (Å²) in [6, 6.07) is 7.69. The quantitative estimate of drug-likeness (QED) is 0.707. The number of aryl methyl sites for hydroxylation is 1. The molecule has 0 saturated carbocycles. The second kappa shape index (κ2) is 5.16. The summed E-state index contributed by atoms with van der Waals surface area (Å²) in [5.41, 5.74) is 10.7. The Kier molecular flexibility index (Phi) is 3.20. The molecule has 0 aliphatic carbocycles. The van der Waals surface area contributed by atoms with E-state index in [-0.39, 0.29) is 0 Å². The van der Waals surface area contributed by atoms with Crippen molar-refractivity contribution in [3.05, 3.63) is 41.7 Å². The summed E-state index contributed by atoms with van der Waals surface area (Å²) in [5.74, 6) is 0. The van der Waals surface area contributed by atoms with Crippen molar-refractivity contribution >= 4 is 22.4 Å². The van der Waals surface area contributed by atoms with E-state index in [1.807, 2.05) is 12.1 Å². The van der Waals surface area contributed by atoms with Gasteiger partial charge in [0, 0.05) is 6.20 Å². The van der Waals surface area contributed by atoms with Gasteiger partial charge in [0.25, 0.3) is 0 Å². The summed E-state index contributed by atoms with van der Waals surface area (Å²) in [6.45, 7) is 2.74. The first kappa shape index (κ1) is 12.4. The lowest BCUT2D eigenvalue weighted by Crippen LogP contribution is -2.05. The van der Waals surface area contributed by atoms with E-state index in [1.165, 1.54) is 5.56 Å². The first-order valence-corrected chi connectivity index (χ1v) is 6.47. The van der Waals surface area contributed by atoms with Crippen molar-refractivity contribution in [1.29, 1.82) is 0 Å². The molecule has 0 fully saturated rings. The van der Waals surface area contributed by atoms with E-state index < -0.39 is 0 Å². The molecule has 0 aliphatic rings. The van der Waals surface area contributed by atoms with Gasteiger partial charge in [0.15, 0.2) is 11.0 Å². The van der Waals surface area contributed by atoms with E-state index >= 15 is 0 Å². The Morgan fingerprint density at radius 1 is 1.20 bits per heavy atom. The van der Waals surface area contributed by atoms with Gasteiger partial charge >= 0.3 is 0 Å². The summed E-state index contributed by atoms with van der Waals surface area (Å²) in [6.07, 6.45) is 2.75. The minimum absolute atomic E-state index is 0.555. The Morgan fingerprint density at radius 2 is 2.05 bits per heavy atom. The first-order chi connectivity index (χ1) is 9.79. The van der Waals surface area contributed by atoms with Crippen LogP contribution in [0.2, 0.25) is 0 Å². The Morgan fingerprint density at radius 3 is 2.90 bits per heavy atom. The number of anilines is 2. The number of benzene rings is 1. The monoisotopic (exact) mass is 269 g/mol. The van der Waals surface area contributed by atoms with Crippen molar-refractivity contribution in [2.45, 2.75) is 19.9 Å². The van der Waals surface area contributed by atoms with Gasteiger partial charge in [-0.15, -0.1) is 0 Å². The highest BCUT2D eigenvalue weighted by Gasteiger charge is 2.10. The van der Waals surface area contributed by atoms with Crippen LogP contribution in [0.15, 0.2) is 35.1 Å². The molecule has 6 nitrogen and oxygen atoms in total. The number of nitrogen functional groups attached to an aromatic ring is 1. The fraction of sp³-hybridized carbons (Fsp3) is 0.214. The lowest BCUT2D eigenvalue weighted by atomic mass is 10.1. The van der Waals surface area contributed by atoms with Crippen molar-refractivity contribution in [1.82, 2.24) is 15.3 Å². The van der Waals surface area contributed by atoms with Gasteiger partial charge in [-0.05, 0) is 40.5 Å². The molecule has 0 radical (unpaired) electrons. The number of hydrogen-bond acceptors (Lipinski definition) is 6. The normalized spacial score (nSPS) is 10.8. The highest BCUT2D eigenvalue weighted by Crippen LogP contribution is 2.25.